The summed E-state index contributed by atoms with van der Waals surface area (Å²) in [5.74, 6) is 0.715. The Kier molecular flexibility index (Phi) is 6.96. The van der Waals surface area contributed by atoms with Crippen molar-refractivity contribution in [3.05, 3.63) is 71.9 Å². The van der Waals surface area contributed by atoms with Gasteiger partial charge in [-0.1, -0.05) is 18.2 Å². The molecule has 1 N–H and O–H groups in total. The van der Waals surface area contributed by atoms with Crippen LogP contribution in [0.15, 0.2) is 60.8 Å². The predicted octanol–water partition coefficient (Wildman–Crippen LogP) is 4.32. The molecule has 0 spiro atoms. The first kappa shape index (κ1) is 23.7. The second kappa shape index (κ2) is 10.3. The van der Waals surface area contributed by atoms with Gasteiger partial charge in [-0.15, -0.1) is 0 Å². The Morgan fingerprint density at radius 3 is 2.51 bits per heavy atom. The van der Waals surface area contributed by atoms with Crippen LogP contribution < -0.4 is 14.8 Å². The minimum Gasteiger partial charge on any atom is -0.497 e. The van der Waals surface area contributed by atoms with Crippen molar-refractivity contribution in [1.82, 2.24) is 14.8 Å². The summed E-state index contributed by atoms with van der Waals surface area (Å²) in [5, 5.41) is 8.12. The van der Waals surface area contributed by atoms with Crippen molar-refractivity contribution in [2.75, 3.05) is 19.0 Å². The fourth-order valence-electron chi connectivity index (χ4n) is 3.57. The highest BCUT2D eigenvalue weighted by atomic mass is 16.5. The number of esters is 1. The van der Waals surface area contributed by atoms with Crippen LogP contribution >= 0.6 is 0 Å². The first-order chi connectivity index (χ1) is 16.9. The zero-order valence-electron chi connectivity index (χ0n) is 19.9. The fourth-order valence-corrected chi connectivity index (χ4v) is 3.57. The van der Waals surface area contributed by atoms with Crippen molar-refractivity contribution < 1.29 is 23.8 Å². The van der Waals surface area contributed by atoms with Gasteiger partial charge in [-0.25, -0.2) is 9.78 Å². The Morgan fingerprint density at radius 1 is 1.09 bits per heavy atom. The largest absolute Gasteiger partial charge is 0.497 e. The summed E-state index contributed by atoms with van der Waals surface area (Å²) in [6.45, 7) is 5.47. The Bertz CT molecular complexity index is 1360. The molecule has 180 valence electrons. The maximum atomic E-state index is 13.1. The first-order valence-electron chi connectivity index (χ1n) is 11.1. The molecule has 1 atom stereocenters. The minimum absolute atomic E-state index is 0.115. The smallest absolute Gasteiger partial charge is 0.343 e. The number of benzene rings is 2. The van der Waals surface area contributed by atoms with Gasteiger partial charge in [-0.2, -0.15) is 9.78 Å². The zero-order chi connectivity index (χ0) is 24.9. The molecule has 0 radical (unpaired) electrons. The van der Waals surface area contributed by atoms with Gasteiger partial charge >= 0.3 is 5.97 Å². The fraction of sp³-hybridized carbons (Fsp3) is 0.231. The van der Waals surface area contributed by atoms with Gasteiger partial charge in [0.15, 0.2) is 17.7 Å². The van der Waals surface area contributed by atoms with Crippen LogP contribution in [0.5, 0.6) is 11.5 Å². The van der Waals surface area contributed by atoms with Crippen molar-refractivity contribution in [1.29, 1.82) is 0 Å². The van der Waals surface area contributed by atoms with E-state index in [1.54, 1.807) is 45.2 Å². The highest BCUT2D eigenvalue weighted by molar-refractivity contribution is 6.01. The molecule has 9 nitrogen and oxygen atoms in total. The lowest BCUT2D eigenvalue weighted by molar-refractivity contribution is -0.122. The molecule has 1 unspecified atom stereocenters. The molecule has 0 aliphatic carbocycles. The van der Waals surface area contributed by atoms with Crippen molar-refractivity contribution in [2.24, 2.45) is 0 Å². The van der Waals surface area contributed by atoms with Crippen LogP contribution in [0.2, 0.25) is 0 Å². The van der Waals surface area contributed by atoms with E-state index in [4.69, 9.17) is 14.2 Å². The molecule has 9 heteroatoms. The van der Waals surface area contributed by atoms with E-state index in [2.05, 4.69) is 15.4 Å². The summed E-state index contributed by atoms with van der Waals surface area (Å²) in [4.78, 5) is 30.3. The van der Waals surface area contributed by atoms with Gasteiger partial charge in [-0.05, 0) is 62.7 Å². The molecule has 35 heavy (non-hydrogen) atoms. The van der Waals surface area contributed by atoms with E-state index in [0.717, 1.165) is 16.5 Å². The standard InChI is InChI=1S/C26H26N4O5/c1-5-34-26(32)21-15-27-30(23-14-16(2)20-8-6-7-9-22(20)28-23)24(21)29-25(31)17(3)35-19-12-10-18(33-4)11-13-19/h6-15,17H,5H2,1-4H3,(H,29,31). The van der Waals surface area contributed by atoms with Gasteiger partial charge in [0.2, 0.25) is 0 Å². The quantitative estimate of drug-likeness (QED) is 0.379. The van der Waals surface area contributed by atoms with Crippen LogP contribution in [-0.2, 0) is 9.53 Å². The van der Waals surface area contributed by atoms with Gasteiger partial charge in [0.1, 0.15) is 17.1 Å². The average molecular weight is 475 g/mol. The zero-order valence-corrected chi connectivity index (χ0v) is 19.9. The van der Waals surface area contributed by atoms with Crippen LogP contribution in [0.1, 0.15) is 29.8 Å². The lowest BCUT2D eigenvalue weighted by atomic mass is 10.1. The number of rotatable bonds is 8. The van der Waals surface area contributed by atoms with E-state index in [1.807, 2.05) is 37.3 Å². The maximum Gasteiger partial charge on any atom is 0.343 e. The molecule has 4 rings (SSSR count). The van der Waals surface area contributed by atoms with E-state index >= 15 is 0 Å². The van der Waals surface area contributed by atoms with E-state index in [0.29, 0.717) is 17.3 Å². The van der Waals surface area contributed by atoms with Crippen LogP contribution in [-0.4, -0.2) is 46.5 Å². The third kappa shape index (κ3) is 5.08. The minimum atomic E-state index is -0.868. The summed E-state index contributed by atoms with van der Waals surface area (Å²) in [6, 6.07) is 16.4. The molecule has 0 saturated carbocycles. The Labute approximate surface area is 202 Å². The van der Waals surface area contributed by atoms with Gasteiger partial charge in [0, 0.05) is 5.39 Å². The summed E-state index contributed by atoms with van der Waals surface area (Å²) < 4.78 is 17.5. The molecule has 4 aromatic rings. The number of aromatic nitrogens is 3. The summed E-state index contributed by atoms with van der Waals surface area (Å²) in [6.07, 6.45) is 0.488. The number of amides is 1. The van der Waals surface area contributed by atoms with Crippen LogP contribution in [0.4, 0.5) is 5.82 Å². The molecule has 2 aromatic carbocycles. The Hall–Kier alpha value is -4.40. The third-order valence-corrected chi connectivity index (χ3v) is 5.37. The van der Waals surface area contributed by atoms with Crippen LogP contribution in [0, 0.1) is 6.92 Å². The second-order valence-corrected chi connectivity index (χ2v) is 7.78. The lowest BCUT2D eigenvalue weighted by Gasteiger charge is -2.16. The molecule has 0 fully saturated rings. The van der Waals surface area contributed by atoms with Crippen molar-refractivity contribution in [3.63, 3.8) is 0 Å². The van der Waals surface area contributed by atoms with Crippen molar-refractivity contribution in [3.8, 4) is 17.3 Å². The first-order valence-corrected chi connectivity index (χ1v) is 11.1. The number of nitrogens with one attached hydrogen (secondary N) is 1. The van der Waals surface area contributed by atoms with Crippen molar-refractivity contribution >= 4 is 28.6 Å². The monoisotopic (exact) mass is 474 g/mol. The summed E-state index contributed by atoms with van der Waals surface area (Å²) >= 11 is 0. The normalized spacial score (nSPS) is 11.7. The molecule has 0 aliphatic rings. The number of methoxy groups -OCH3 is 1. The number of carbonyl (C=O) groups is 2. The lowest BCUT2D eigenvalue weighted by Crippen LogP contribution is -2.31. The number of hydrogen-bond acceptors (Lipinski definition) is 7. The molecule has 0 aliphatic heterocycles. The van der Waals surface area contributed by atoms with E-state index in [1.165, 1.54) is 10.9 Å². The Morgan fingerprint density at radius 2 is 1.80 bits per heavy atom. The number of aryl methyl sites for hydroxylation is 1. The molecule has 2 aromatic heterocycles. The number of hydrogen-bond donors (Lipinski definition) is 1. The highest BCUT2D eigenvalue weighted by Crippen LogP contribution is 2.25. The molecule has 2 heterocycles. The van der Waals surface area contributed by atoms with Gasteiger partial charge < -0.3 is 19.5 Å². The molecule has 1 amide bonds. The van der Waals surface area contributed by atoms with Crippen LogP contribution in [0.3, 0.4) is 0 Å². The SMILES string of the molecule is CCOC(=O)c1cnn(-c2cc(C)c3ccccc3n2)c1NC(=O)C(C)Oc1ccc(OC)cc1. The molecule has 0 saturated heterocycles. The second-order valence-electron chi connectivity index (χ2n) is 7.78. The third-order valence-electron chi connectivity index (χ3n) is 5.37. The topological polar surface area (TPSA) is 105 Å². The molecular weight excluding hydrogens is 448 g/mol. The van der Waals surface area contributed by atoms with Crippen LogP contribution in [0.25, 0.3) is 16.7 Å². The summed E-state index contributed by atoms with van der Waals surface area (Å²) in [7, 11) is 1.57. The Balaban J connectivity index is 1.66. The van der Waals surface area contributed by atoms with E-state index in [-0.39, 0.29) is 18.0 Å². The molecule has 0 bridgehead atoms. The predicted molar refractivity (Wildman–Crippen MR) is 131 cm³/mol. The number of nitrogens with zero attached hydrogens (tertiary/aromatic N) is 3. The van der Waals surface area contributed by atoms with Gasteiger partial charge in [-0.3, -0.25) is 4.79 Å². The van der Waals surface area contributed by atoms with E-state index < -0.39 is 18.0 Å². The number of carbonyl (C=O) groups excluding carboxylic acids is 2. The maximum absolute atomic E-state index is 13.1. The number of anilines is 1. The summed E-state index contributed by atoms with van der Waals surface area (Å²) in [5.41, 5.74) is 1.86. The highest BCUT2D eigenvalue weighted by Gasteiger charge is 2.25. The van der Waals surface area contributed by atoms with Gasteiger partial charge in [0.25, 0.3) is 5.91 Å². The number of ether oxygens (including phenoxy) is 3. The van der Waals surface area contributed by atoms with E-state index in [9.17, 15) is 9.59 Å². The number of fused-ring (bicyclic) bond motifs is 1. The molecular formula is C26H26N4O5. The average Bonchev–Trinajstić information content (AvgIpc) is 3.28. The number of para-hydroxylation sites is 1. The van der Waals surface area contributed by atoms with Gasteiger partial charge in [0.05, 0.1) is 25.4 Å². The number of pyridine rings is 1. The van der Waals surface area contributed by atoms with Crippen molar-refractivity contribution in [2.45, 2.75) is 26.9 Å².